The van der Waals surface area contributed by atoms with Crippen molar-refractivity contribution >= 4 is 5.96 Å². The van der Waals surface area contributed by atoms with Gasteiger partial charge in [-0.05, 0) is 50.9 Å². The predicted molar refractivity (Wildman–Crippen MR) is 94.9 cm³/mol. The van der Waals surface area contributed by atoms with Gasteiger partial charge in [0.15, 0.2) is 5.96 Å². The first-order valence-electron chi connectivity index (χ1n) is 9.48. The van der Waals surface area contributed by atoms with Crippen LogP contribution in [0.4, 0.5) is 0 Å². The first-order chi connectivity index (χ1) is 11.3. The van der Waals surface area contributed by atoms with E-state index in [4.69, 9.17) is 14.5 Å². The van der Waals surface area contributed by atoms with Crippen molar-refractivity contribution in [1.29, 1.82) is 0 Å². The van der Waals surface area contributed by atoms with Gasteiger partial charge in [-0.3, -0.25) is 4.99 Å². The van der Waals surface area contributed by atoms with Gasteiger partial charge in [0.1, 0.15) is 0 Å². The fourth-order valence-corrected chi connectivity index (χ4v) is 3.32. The zero-order valence-corrected chi connectivity index (χ0v) is 15.1. The number of rotatable bonds is 7. The van der Waals surface area contributed by atoms with Gasteiger partial charge < -0.3 is 19.7 Å². The van der Waals surface area contributed by atoms with Crippen molar-refractivity contribution < 1.29 is 9.47 Å². The smallest absolute Gasteiger partial charge is 0.193 e. The maximum absolute atomic E-state index is 5.82. The molecule has 0 aromatic carbocycles. The van der Waals surface area contributed by atoms with E-state index < -0.39 is 0 Å². The van der Waals surface area contributed by atoms with E-state index in [2.05, 4.69) is 24.1 Å². The Morgan fingerprint density at radius 2 is 2.13 bits per heavy atom. The number of guanidine groups is 1. The summed E-state index contributed by atoms with van der Waals surface area (Å²) in [5.74, 6) is 2.55. The van der Waals surface area contributed by atoms with Crippen LogP contribution in [0.3, 0.4) is 0 Å². The molecule has 2 aliphatic heterocycles. The maximum Gasteiger partial charge on any atom is 0.193 e. The van der Waals surface area contributed by atoms with E-state index in [0.717, 1.165) is 83.7 Å². The quantitative estimate of drug-likeness (QED) is 0.444. The van der Waals surface area contributed by atoms with Crippen molar-refractivity contribution in [2.24, 2.45) is 16.8 Å². The molecule has 0 aliphatic carbocycles. The molecule has 0 bridgehead atoms. The molecule has 1 N–H and O–H groups in total. The second-order valence-electron chi connectivity index (χ2n) is 6.91. The minimum atomic E-state index is 0.694. The highest BCUT2D eigenvalue weighted by molar-refractivity contribution is 5.80. The van der Waals surface area contributed by atoms with Crippen LogP contribution in [-0.2, 0) is 9.47 Å². The van der Waals surface area contributed by atoms with Crippen molar-refractivity contribution in [3.8, 4) is 0 Å². The van der Waals surface area contributed by atoms with Gasteiger partial charge in [0, 0.05) is 52.6 Å². The lowest BCUT2D eigenvalue weighted by Crippen LogP contribution is -2.46. The van der Waals surface area contributed by atoms with Crippen molar-refractivity contribution in [2.45, 2.75) is 46.0 Å². The van der Waals surface area contributed by atoms with Gasteiger partial charge in [-0.2, -0.15) is 0 Å². The Hall–Kier alpha value is -0.810. The normalized spacial score (nSPS) is 24.0. The number of nitrogens with one attached hydrogen (secondary N) is 1. The maximum atomic E-state index is 5.82. The van der Waals surface area contributed by atoms with Crippen LogP contribution in [0.15, 0.2) is 4.99 Å². The minimum Gasteiger partial charge on any atom is -0.381 e. The Balaban J connectivity index is 1.62. The number of ether oxygens (including phenoxy) is 2. The van der Waals surface area contributed by atoms with Gasteiger partial charge in [0.05, 0.1) is 0 Å². The first-order valence-corrected chi connectivity index (χ1v) is 9.48. The molecule has 2 aliphatic rings. The number of aliphatic imine (C=N–C) groups is 1. The van der Waals surface area contributed by atoms with Crippen LogP contribution in [0.1, 0.15) is 46.0 Å². The molecule has 0 aromatic heterocycles. The highest BCUT2D eigenvalue weighted by atomic mass is 16.5. The van der Waals surface area contributed by atoms with Crippen LogP contribution in [-0.4, -0.2) is 63.5 Å². The van der Waals surface area contributed by atoms with Gasteiger partial charge in [0.2, 0.25) is 0 Å². The topological polar surface area (TPSA) is 46.1 Å². The summed E-state index contributed by atoms with van der Waals surface area (Å²) >= 11 is 0. The summed E-state index contributed by atoms with van der Waals surface area (Å²) in [5, 5.41) is 3.44. The third-order valence-corrected chi connectivity index (χ3v) is 4.69. The van der Waals surface area contributed by atoms with Crippen LogP contribution in [0.2, 0.25) is 0 Å². The van der Waals surface area contributed by atoms with Gasteiger partial charge in [-0.1, -0.05) is 6.92 Å². The molecular formula is C18H35N3O2. The highest BCUT2D eigenvalue weighted by Gasteiger charge is 2.19. The molecule has 23 heavy (non-hydrogen) atoms. The molecule has 2 rings (SSSR count). The molecule has 0 amide bonds. The van der Waals surface area contributed by atoms with Gasteiger partial charge in [-0.25, -0.2) is 0 Å². The average molecular weight is 325 g/mol. The molecule has 2 fully saturated rings. The Bertz CT molecular complexity index is 343. The number of piperidine rings is 1. The van der Waals surface area contributed by atoms with Crippen LogP contribution >= 0.6 is 0 Å². The second-order valence-corrected chi connectivity index (χ2v) is 6.91. The van der Waals surface area contributed by atoms with Gasteiger partial charge in [0.25, 0.3) is 0 Å². The summed E-state index contributed by atoms with van der Waals surface area (Å²) < 4.78 is 11.2. The van der Waals surface area contributed by atoms with E-state index in [9.17, 15) is 0 Å². The molecule has 0 aromatic rings. The molecule has 1 unspecified atom stereocenters. The lowest BCUT2D eigenvalue weighted by atomic mass is 10.0. The second kappa shape index (κ2) is 10.9. The molecule has 5 heteroatoms. The lowest BCUT2D eigenvalue weighted by Gasteiger charge is -2.33. The third-order valence-electron chi connectivity index (χ3n) is 4.69. The summed E-state index contributed by atoms with van der Waals surface area (Å²) in [6.07, 6.45) is 5.92. The van der Waals surface area contributed by atoms with Crippen molar-refractivity contribution in [2.75, 3.05) is 52.6 Å². The summed E-state index contributed by atoms with van der Waals surface area (Å²) in [5.41, 5.74) is 0. The van der Waals surface area contributed by atoms with Crippen LogP contribution < -0.4 is 5.32 Å². The van der Waals surface area contributed by atoms with E-state index in [-0.39, 0.29) is 0 Å². The van der Waals surface area contributed by atoms with Crippen molar-refractivity contribution in [1.82, 2.24) is 10.2 Å². The fourth-order valence-electron chi connectivity index (χ4n) is 3.32. The highest BCUT2D eigenvalue weighted by Crippen LogP contribution is 2.16. The van der Waals surface area contributed by atoms with Crippen molar-refractivity contribution in [3.63, 3.8) is 0 Å². The fraction of sp³-hybridized carbons (Fsp3) is 0.944. The summed E-state index contributed by atoms with van der Waals surface area (Å²) in [4.78, 5) is 7.20. The first kappa shape index (κ1) is 18.5. The molecule has 0 spiro atoms. The van der Waals surface area contributed by atoms with Crippen LogP contribution in [0.25, 0.3) is 0 Å². The Morgan fingerprint density at radius 1 is 1.30 bits per heavy atom. The third kappa shape index (κ3) is 7.08. The predicted octanol–water partition coefficient (Wildman–Crippen LogP) is 2.52. The molecule has 0 saturated carbocycles. The van der Waals surface area contributed by atoms with E-state index in [1.54, 1.807) is 0 Å². The van der Waals surface area contributed by atoms with E-state index in [1.807, 2.05) is 0 Å². The lowest BCUT2D eigenvalue weighted by molar-refractivity contribution is 0.0205. The van der Waals surface area contributed by atoms with E-state index in [1.165, 1.54) is 12.8 Å². The van der Waals surface area contributed by atoms with E-state index in [0.29, 0.717) is 5.92 Å². The largest absolute Gasteiger partial charge is 0.381 e. The van der Waals surface area contributed by atoms with Gasteiger partial charge >= 0.3 is 0 Å². The Morgan fingerprint density at radius 3 is 2.87 bits per heavy atom. The molecule has 2 heterocycles. The number of nitrogens with zero attached hydrogens (tertiary/aromatic N) is 2. The summed E-state index contributed by atoms with van der Waals surface area (Å²) in [6, 6.07) is 0. The number of hydrogen-bond donors (Lipinski definition) is 1. The standard InChI is InChI=1S/C18H35N3O2/c1-3-19-18(21-10-4-6-16(2)14-21)20-9-5-11-23-15-17-7-12-22-13-8-17/h16-17H,3-15H2,1-2H3,(H,19,20). The SMILES string of the molecule is CCNC(=NCCCOCC1CCOCC1)N1CCCC(C)C1. The van der Waals surface area contributed by atoms with Crippen LogP contribution in [0.5, 0.6) is 0 Å². The van der Waals surface area contributed by atoms with Crippen LogP contribution in [0, 0.1) is 11.8 Å². The Labute approximate surface area is 141 Å². The Kier molecular flexibility index (Phi) is 8.76. The average Bonchev–Trinajstić information content (AvgIpc) is 2.58. The minimum absolute atomic E-state index is 0.694. The molecule has 2 saturated heterocycles. The summed E-state index contributed by atoms with van der Waals surface area (Å²) in [6.45, 7) is 12.0. The molecular weight excluding hydrogens is 290 g/mol. The number of likely N-dealkylation sites (tertiary alicyclic amines) is 1. The van der Waals surface area contributed by atoms with Crippen molar-refractivity contribution in [3.05, 3.63) is 0 Å². The zero-order chi connectivity index (χ0) is 16.3. The van der Waals surface area contributed by atoms with E-state index >= 15 is 0 Å². The summed E-state index contributed by atoms with van der Waals surface area (Å²) in [7, 11) is 0. The molecule has 5 nitrogen and oxygen atoms in total. The van der Waals surface area contributed by atoms with Gasteiger partial charge in [-0.15, -0.1) is 0 Å². The number of hydrogen-bond acceptors (Lipinski definition) is 3. The zero-order valence-electron chi connectivity index (χ0n) is 15.1. The monoisotopic (exact) mass is 325 g/mol. The molecule has 1 atom stereocenters. The molecule has 0 radical (unpaired) electrons. The molecule has 134 valence electrons.